The molecule has 0 N–H and O–H groups in total. The molecular formula is GaIn2Sn. The summed E-state index contributed by atoms with van der Waals surface area (Å²) in [6, 6.07) is 0. The minimum atomic E-state index is 0. The van der Waals surface area contributed by atoms with Crippen LogP contribution in [0.25, 0.3) is 0 Å². The van der Waals surface area contributed by atoms with Crippen LogP contribution in [0.2, 0.25) is 0 Å². The van der Waals surface area contributed by atoms with Crippen molar-refractivity contribution in [1.82, 2.24) is 0 Å². The molecule has 0 atom stereocenters. The third-order valence-electron chi connectivity index (χ3n) is 0. The van der Waals surface area contributed by atoms with Crippen molar-refractivity contribution < 1.29 is 0 Å². The van der Waals surface area contributed by atoms with Gasteiger partial charge in [0.15, 0.2) is 0 Å². The Morgan fingerprint density at radius 2 is 0.750 bits per heavy atom. The van der Waals surface area contributed by atoms with E-state index in [0.29, 0.717) is 0 Å². The summed E-state index contributed by atoms with van der Waals surface area (Å²) in [6.07, 6.45) is 0. The molecule has 0 aliphatic carbocycles. The Morgan fingerprint density at radius 3 is 0.750 bits per heavy atom. The minimum absolute atomic E-state index is 0. The summed E-state index contributed by atoms with van der Waals surface area (Å²) in [5, 5.41) is 0. The maximum atomic E-state index is 0. The first-order valence-corrected chi connectivity index (χ1v) is 0. The molecule has 13 radical (unpaired) electrons. The predicted octanol–water partition coefficient (Wildman–Crippen LogP) is -1.52. The molecule has 0 nitrogen and oxygen atoms in total. The Labute approximate surface area is 93.4 Å². The zero-order valence-electron chi connectivity index (χ0n) is 2.23. The second kappa shape index (κ2) is 16.4. The van der Waals surface area contributed by atoms with Crippen LogP contribution < -0.4 is 0 Å². The molecule has 0 spiro atoms. The van der Waals surface area contributed by atoms with Gasteiger partial charge in [0.25, 0.3) is 0 Å². The van der Waals surface area contributed by atoms with Gasteiger partial charge in [0.2, 0.25) is 0 Å². The number of rotatable bonds is 0. The van der Waals surface area contributed by atoms with Crippen LogP contribution in [0, 0.1) is 0 Å². The Morgan fingerprint density at radius 1 is 0.750 bits per heavy atom. The van der Waals surface area contributed by atoms with Crippen molar-refractivity contribution in [3.05, 3.63) is 0 Å². The average Bonchev–Trinajstić information content (AvgIpc) is 0. The molecule has 0 fully saturated rings. The Balaban J connectivity index is 0. The van der Waals surface area contributed by atoms with Crippen LogP contribution in [0.3, 0.4) is 0 Å². The van der Waals surface area contributed by atoms with Crippen LogP contribution >= 0.6 is 0 Å². The van der Waals surface area contributed by atoms with E-state index in [9.17, 15) is 0 Å². The zero-order chi connectivity index (χ0) is 0. The Bertz CT molecular complexity index is 6.00. The first kappa shape index (κ1) is 27.1. The van der Waals surface area contributed by atoms with Gasteiger partial charge in [0, 0.05) is 95.4 Å². The average molecular weight is 418 g/mol. The van der Waals surface area contributed by atoms with Crippen molar-refractivity contribution in [2.24, 2.45) is 0 Å². The van der Waals surface area contributed by atoms with E-state index >= 15 is 0 Å². The number of hydrogen-bond acceptors (Lipinski definition) is 0. The minimum Gasteiger partial charge on any atom is 0 e. The van der Waals surface area contributed by atoms with Crippen molar-refractivity contribution in [2.45, 2.75) is 0 Å². The molecule has 4 heteroatoms. The molecule has 0 aromatic rings. The summed E-state index contributed by atoms with van der Waals surface area (Å²) in [7, 11) is 0. The molecule has 0 aromatic carbocycles. The summed E-state index contributed by atoms with van der Waals surface area (Å²) in [5.74, 6) is 0. The van der Waals surface area contributed by atoms with Gasteiger partial charge in [-0.1, -0.05) is 0 Å². The van der Waals surface area contributed by atoms with E-state index in [4.69, 9.17) is 0 Å². The monoisotopic (exact) mass is 419 g/mol. The van der Waals surface area contributed by atoms with Gasteiger partial charge in [0.05, 0.1) is 0 Å². The summed E-state index contributed by atoms with van der Waals surface area (Å²) >= 11 is 0. The first-order valence-electron chi connectivity index (χ1n) is 0. The van der Waals surface area contributed by atoms with Crippen LogP contribution in [0.1, 0.15) is 0 Å². The molecule has 0 unspecified atom stereocenters. The Kier molecular flexibility index (Phi) is 111. The summed E-state index contributed by atoms with van der Waals surface area (Å²) < 4.78 is 0. The quantitative estimate of drug-likeness (QED) is 0.420. The molecule has 0 saturated carbocycles. The molecule has 0 rings (SSSR count). The summed E-state index contributed by atoms with van der Waals surface area (Å²) in [4.78, 5) is 0. The smallest absolute Gasteiger partial charge is 0 e. The van der Waals surface area contributed by atoms with Gasteiger partial charge in [-0.25, -0.2) is 0 Å². The van der Waals surface area contributed by atoms with E-state index in [1.165, 1.54) is 0 Å². The molecule has 0 aliphatic heterocycles. The van der Waals surface area contributed by atoms with Gasteiger partial charge < -0.3 is 0 Å². The molecule has 0 saturated heterocycles. The fraction of sp³-hybridized carbons (Fsp3) is 0. The van der Waals surface area contributed by atoms with E-state index in [1.807, 2.05) is 0 Å². The molecule has 13 valence electrons. The SMILES string of the molecule is [Ga].[In].[In].[Sn]. The van der Waals surface area contributed by atoms with Gasteiger partial charge in [-0.3, -0.25) is 0 Å². The predicted molar refractivity (Wildman–Crippen MR) is 23.0 cm³/mol. The molecule has 0 bridgehead atoms. The van der Waals surface area contributed by atoms with Gasteiger partial charge in [-0.05, 0) is 0 Å². The van der Waals surface area contributed by atoms with Gasteiger partial charge in [-0.2, -0.15) is 0 Å². The fourth-order valence-corrected chi connectivity index (χ4v) is 0. The van der Waals surface area contributed by atoms with Crippen molar-refractivity contribution in [2.75, 3.05) is 0 Å². The second-order valence-corrected chi connectivity index (χ2v) is 0. The molecule has 0 heterocycles. The number of hydrogen-bond donors (Lipinski definition) is 0. The largest absolute Gasteiger partial charge is 0 e. The van der Waals surface area contributed by atoms with Crippen LogP contribution in [0.5, 0.6) is 0 Å². The molecule has 4 heavy (non-hydrogen) atoms. The molecule has 0 amide bonds. The molecule has 0 aromatic heterocycles. The normalized spacial score (nSPS) is 0. The first-order chi connectivity index (χ1) is 0. The van der Waals surface area contributed by atoms with Crippen LogP contribution in [0.4, 0.5) is 0 Å². The van der Waals surface area contributed by atoms with Crippen molar-refractivity contribution >= 4 is 95.4 Å². The van der Waals surface area contributed by atoms with Gasteiger partial charge in [0.1, 0.15) is 0 Å². The summed E-state index contributed by atoms with van der Waals surface area (Å²) in [5.41, 5.74) is 0. The van der Waals surface area contributed by atoms with Gasteiger partial charge in [-0.15, -0.1) is 0 Å². The maximum Gasteiger partial charge on any atom is 0 e. The second-order valence-electron chi connectivity index (χ2n) is 0. The van der Waals surface area contributed by atoms with Crippen LogP contribution in [-0.4, -0.2) is 95.4 Å². The van der Waals surface area contributed by atoms with Gasteiger partial charge >= 0.3 is 0 Å². The Hall–Kier alpha value is 3.18. The summed E-state index contributed by atoms with van der Waals surface area (Å²) in [6.45, 7) is 0. The zero-order valence-corrected chi connectivity index (χ0v) is 14.1. The van der Waals surface area contributed by atoms with E-state index in [-0.39, 0.29) is 95.4 Å². The third kappa shape index (κ3) is 8.95. The van der Waals surface area contributed by atoms with E-state index < -0.39 is 0 Å². The molecular weight excluding hydrogens is 418 g/mol. The van der Waals surface area contributed by atoms with E-state index in [1.54, 1.807) is 0 Å². The standard InChI is InChI=1S/Ga.2In.Sn. The topological polar surface area (TPSA) is 0 Å². The van der Waals surface area contributed by atoms with Crippen molar-refractivity contribution in [1.29, 1.82) is 0 Å². The molecule has 0 aliphatic rings. The van der Waals surface area contributed by atoms with E-state index in [2.05, 4.69) is 0 Å². The van der Waals surface area contributed by atoms with Crippen molar-refractivity contribution in [3.8, 4) is 0 Å². The maximum absolute atomic E-state index is 0. The van der Waals surface area contributed by atoms with E-state index in [0.717, 1.165) is 0 Å². The third-order valence-corrected chi connectivity index (χ3v) is 0. The fourth-order valence-electron chi connectivity index (χ4n) is 0. The van der Waals surface area contributed by atoms with Crippen LogP contribution in [-0.2, 0) is 0 Å². The van der Waals surface area contributed by atoms with Crippen LogP contribution in [0.15, 0.2) is 0 Å². The van der Waals surface area contributed by atoms with Crippen molar-refractivity contribution in [3.63, 3.8) is 0 Å².